The molecule has 8 heteroatoms. The molecule has 0 saturated heterocycles. The van der Waals surface area contributed by atoms with E-state index >= 15 is 0 Å². The van der Waals surface area contributed by atoms with E-state index in [1.54, 1.807) is 0 Å². The number of nitrogens with zero attached hydrogens (tertiary/aromatic N) is 1. The first kappa shape index (κ1) is 17.7. The predicted octanol–water partition coefficient (Wildman–Crippen LogP) is 0.546. The minimum atomic E-state index is -3.81. The SMILES string of the molecule is N#Cc1ccc(S(=O)(=O)NCC2(O)CCC2)c(NCCCO)c1. The van der Waals surface area contributed by atoms with Crippen molar-refractivity contribution in [3.63, 3.8) is 0 Å². The van der Waals surface area contributed by atoms with Crippen molar-refractivity contribution in [1.82, 2.24) is 4.72 Å². The molecule has 1 aliphatic rings. The van der Waals surface area contributed by atoms with Gasteiger partial charge in [-0.15, -0.1) is 0 Å². The van der Waals surface area contributed by atoms with Gasteiger partial charge in [0.15, 0.2) is 0 Å². The van der Waals surface area contributed by atoms with Crippen molar-refractivity contribution < 1.29 is 18.6 Å². The van der Waals surface area contributed by atoms with Gasteiger partial charge in [-0.25, -0.2) is 13.1 Å². The van der Waals surface area contributed by atoms with E-state index in [0.29, 0.717) is 37.1 Å². The molecule has 0 spiro atoms. The molecule has 1 aromatic rings. The zero-order chi connectivity index (χ0) is 16.9. The molecule has 23 heavy (non-hydrogen) atoms. The van der Waals surface area contributed by atoms with Crippen LogP contribution in [0.15, 0.2) is 23.1 Å². The van der Waals surface area contributed by atoms with Crippen LogP contribution >= 0.6 is 0 Å². The Hall–Kier alpha value is -1.66. The second kappa shape index (κ2) is 7.27. The Kier molecular flexibility index (Phi) is 5.59. The smallest absolute Gasteiger partial charge is 0.242 e. The quantitative estimate of drug-likeness (QED) is 0.513. The highest BCUT2D eigenvalue weighted by molar-refractivity contribution is 7.89. The molecule has 1 aromatic carbocycles. The third kappa shape index (κ3) is 4.42. The molecule has 126 valence electrons. The van der Waals surface area contributed by atoms with Crippen molar-refractivity contribution in [2.45, 2.75) is 36.2 Å². The molecule has 0 radical (unpaired) electrons. The molecule has 4 N–H and O–H groups in total. The Morgan fingerprint density at radius 2 is 2.09 bits per heavy atom. The summed E-state index contributed by atoms with van der Waals surface area (Å²) in [5, 5.41) is 30.8. The summed E-state index contributed by atoms with van der Waals surface area (Å²) in [7, 11) is -3.81. The Labute approximate surface area is 136 Å². The fourth-order valence-corrected chi connectivity index (χ4v) is 3.62. The zero-order valence-corrected chi connectivity index (χ0v) is 13.6. The summed E-state index contributed by atoms with van der Waals surface area (Å²) in [6.45, 7) is 0.349. The molecule has 1 saturated carbocycles. The number of aliphatic hydroxyl groups excluding tert-OH is 1. The highest BCUT2D eigenvalue weighted by Gasteiger charge is 2.35. The molecule has 0 bridgehead atoms. The highest BCUT2D eigenvalue weighted by atomic mass is 32.2. The van der Waals surface area contributed by atoms with Gasteiger partial charge in [0.2, 0.25) is 10.0 Å². The van der Waals surface area contributed by atoms with Gasteiger partial charge >= 0.3 is 0 Å². The van der Waals surface area contributed by atoms with Gasteiger partial charge in [0.25, 0.3) is 0 Å². The van der Waals surface area contributed by atoms with Crippen LogP contribution in [-0.4, -0.2) is 43.9 Å². The van der Waals surface area contributed by atoms with Gasteiger partial charge in [0.05, 0.1) is 22.9 Å². The number of rotatable bonds is 8. The van der Waals surface area contributed by atoms with E-state index in [0.717, 1.165) is 6.42 Å². The number of aliphatic hydroxyl groups is 2. The van der Waals surface area contributed by atoms with E-state index in [9.17, 15) is 13.5 Å². The van der Waals surface area contributed by atoms with Crippen LogP contribution in [0, 0.1) is 11.3 Å². The Balaban J connectivity index is 2.19. The summed E-state index contributed by atoms with van der Waals surface area (Å²) in [4.78, 5) is 0.0253. The first-order chi connectivity index (χ1) is 10.9. The van der Waals surface area contributed by atoms with Gasteiger partial charge in [0, 0.05) is 19.7 Å². The summed E-state index contributed by atoms with van der Waals surface area (Å²) < 4.78 is 27.4. The van der Waals surface area contributed by atoms with Gasteiger partial charge in [-0.1, -0.05) is 0 Å². The molecule has 0 aromatic heterocycles. The minimum Gasteiger partial charge on any atom is -0.396 e. The van der Waals surface area contributed by atoms with Crippen LogP contribution in [0.1, 0.15) is 31.2 Å². The van der Waals surface area contributed by atoms with E-state index in [1.165, 1.54) is 18.2 Å². The highest BCUT2D eigenvalue weighted by Crippen LogP contribution is 2.31. The zero-order valence-electron chi connectivity index (χ0n) is 12.7. The Morgan fingerprint density at radius 3 is 2.65 bits per heavy atom. The van der Waals surface area contributed by atoms with Crippen molar-refractivity contribution in [3.05, 3.63) is 23.8 Å². The topological polar surface area (TPSA) is 122 Å². The monoisotopic (exact) mass is 339 g/mol. The largest absolute Gasteiger partial charge is 0.396 e. The number of benzene rings is 1. The molecule has 7 nitrogen and oxygen atoms in total. The molecular weight excluding hydrogens is 318 g/mol. The first-order valence-electron chi connectivity index (χ1n) is 7.51. The van der Waals surface area contributed by atoms with Crippen LogP contribution in [-0.2, 0) is 10.0 Å². The number of nitriles is 1. The fraction of sp³-hybridized carbons (Fsp3) is 0.533. The maximum Gasteiger partial charge on any atom is 0.242 e. The standard InChI is InChI=1S/C15H21N3O4S/c16-10-12-3-4-14(13(9-12)17-7-2-8-19)23(21,22)18-11-15(20)5-1-6-15/h3-4,9,17-20H,1-2,5-8,11H2. The third-order valence-corrected chi connectivity index (χ3v) is 5.38. The summed E-state index contributed by atoms with van der Waals surface area (Å²) in [5.41, 5.74) is -0.303. The van der Waals surface area contributed by atoms with E-state index in [4.69, 9.17) is 10.4 Å². The van der Waals surface area contributed by atoms with Crippen LogP contribution in [0.25, 0.3) is 0 Å². The lowest BCUT2D eigenvalue weighted by Crippen LogP contribution is -2.47. The number of nitrogens with one attached hydrogen (secondary N) is 2. The Morgan fingerprint density at radius 1 is 1.35 bits per heavy atom. The second-order valence-electron chi connectivity index (χ2n) is 5.73. The van der Waals surface area contributed by atoms with Crippen molar-refractivity contribution in [2.24, 2.45) is 0 Å². The van der Waals surface area contributed by atoms with Gasteiger partial charge < -0.3 is 15.5 Å². The summed E-state index contributed by atoms with van der Waals surface area (Å²) in [6.07, 6.45) is 2.53. The molecule has 0 heterocycles. The third-order valence-electron chi connectivity index (χ3n) is 3.92. The summed E-state index contributed by atoms with van der Waals surface area (Å²) in [5.74, 6) is 0. The average Bonchev–Trinajstić information content (AvgIpc) is 2.51. The molecule has 1 fully saturated rings. The number of sulfonamides is 1. The van der Waals surface area contributed by atoms with Crippen LogP contribution < -0.4 is 10.0 Å². The van der Waals surface area contributed by atoms with Crippen LogP contribution in [0.3, 0.4) is 0 Å². The van der Waals surface area contributed by atoms with E-state index in [2.05, 4.69) is 10.0 Å². The van der Waals surface area contributed by atoms with Crippen molar-refractivity contribution >= 4 is 15.7 Å². The molecule has 0 unspecified atom stereocenters. The molecule has 2 rings (SSSR count). The molecule has 1 aliphatic carbocycles. The number of anilines is 1. The molecular formula is C15H21N3O4S. The molecule has 0 amide bonds. The number of hydrogen-bond acceptors (Lipinski definition) is 6. The van der Waals surface area contributed by atoms with E-state index < -0.39 is 15.6 Å². The Bertz CT molecular complexity index is 693. The molecule has 0 atom stereocenters. The van der Waals surface area contributed by atoms with E-state index in [-0.39, 0.29) is 18.0 Å². The second-order valence-corrected chi connectivity index (χ2v) is 7.46. The lowest BCUT2D eigenvalue weighted by molar-refractivity contribution is -0.0270. The van der Waals surface area contributed by atoms with Crippen molar-refractivity contribution in [3.8, 4) is 6.07 Å². The minimum absolute atomic E-state index is 0.0156. The van der Waals surface area contributed by atoms with Crippen LogP contribution in [0.2, 0.25) is 0 Å². The van der Waals surface area contributed by atoms with Crippen LogP contribution in [0.4, 0.5) is 5.69 Å². The first-order valence-corrected chi connectivity index (χ1v) is 8.99. The fourth-order valence-electron chi connectivity index (χ4n) is 2.34. The molecule has 0 aliphatic heterocycles. The summed E-state index contributed by atoms with van der Waals surface area (Å²) in [6, 6.07) is 6.23. The van der Waals surface area contributed by atoms with Crippen molar-refractivity contribution in [1.29, 1.82) is 5.26 Å². The predicted molar refractivity (Wildman–Crippen MR) is 85.3 cm³/mol. The van der Waals surface area contributed by atoms with Gasteiger partial charge in [-0.2, -0.15) is 5.26 Å². The van der Waals surface area contributed by atoms with Crippen molar-refractivity contribution in [2.75, 3.05) is 25.0 Å². The number of hydrogen-bond donors (Lipinski definition) is 4. The normalized spacial score (nSPS) is 16.4. The lowest BCUT2D eigenvalue weighted by Gasteiger charge is -2.36. The summed E-state index contributed by atoms with van der Waals surface area (Å²) >= 11 is 0. The van der Waals surface area contributed by atoms with E-state index in [1.807, 2.05) is 6.07 Å². The van der Waals surface area contributed by atoms with Gasteiger partial charge in [-0.05, 0) is 43.9 Å². The lowest BCUT2D eigenvalue weighted by atomic mass is 9.81. The average molecular weight is 339 g/mol. The van der Waals surface area contributed by atoms with Gasteiger partial charge in [0.1, 0.15) is 4.90 Å². The van der Waals surface area contributed by atoms with Gasteiger partial charge in [-0.3, -0.25) is 0 Å². The van der Waals surface area contributed by atoms with Crippen LogP contribution in [0.5, 0.6) is 0 Å². The maximum atomic E-state index is 12.5. The maximum absolute atomic E-state index is 12.5.